The van der Waals surface area contributed by atoms with Crippen LogP contribution in [0.5, 0.6) is 0 Å². The topological polar surface area (TPSA) is 91.0 Å². The summed E-state index contributed by atoms with van der Waals surface area (Å²) < 4.78 is 0. The quantitative estimate of drug-likeness (QED) is 0.841. The molecular weight excluding hydrogens is 366 g/mol. The van der Waals surface area contributed by atoms with E-state index in [0.717, 1.165) is 44.6 Å². The van der Waals surface area contributed by atoms with Gasteiger partial charge in [0.15, 0.2) is 0 Å². The average Bonchev–Trinajstić information content (AvgIpc) is 2.70. The van der Waals surface area contributed by atoms with Crippen LogP contribution in [0, 0.1) is 0 Å². The number of fused-ring (bicyclic) bond motifs is 1. The normalized spacial score (nSPS) is 17.4. The monoisotopic (exact) mass is 387 g/mol. The lowest BCUT2D eigenvalue weighted by Gasteiger charge is -2.35. The summed E-state index contributed by atoms with van der Waals surface area (Å²) in [4.78, 5) is 37.5. The van der Waals surface area contributed by atoms with Crippen LogP contribution in [-0.2, 0) is 12.8 Å². The molecule has 1 aliphatic heterocycles. The first-order chi connectivity index (χ1) is 13.1. The maximum Gasteiger partial charge on any atom is 0.266 e. The second-order valence-corrected chi connectivity index (χ2v) is 7.54. The van der Waals surface area contributed by atoms with Gasteiger partial charge in [-0.1, -0.05) is 11.6 Å². The number of nitrogens with one attached hydrogen (secondary N) is 2. The molecule has 1 fully saturated rings. The molecule has 142 valence electrons. The largest absolute Gasteiger partial charge is 0.356 e. The molecule has 0 bridgehead atoms. The molecule has 2 aromatic heterocycles. The van der Waals surface area contributed by atoms with Gasteiger partial charge in [-0.25, -0.2) is 9.97 Å². The number of piperidine rings is 1. The third kappa shape index (κ3) is 3.83. The predicted octanol–water partition coefficient (Wildman–Crippen LogP) is 2.10. The van der Waals surface area contributed by atoms with Crippen LogP contribution in [0.1, 0.15) is 47.3 Å². The molecule has 1 aliphatic carbocycles. The SMILES string of the molecule is O=C(NC1CCN(c2ncnc3c2CCCC3)CC1)c1c[nH]c(=O)c(Cl)c1. The molecule has 0 saturated carbocycles. The molecule has 1 saturated heterocycles. The van der Waals surface area contributed by atoms with Crippen molar-refractivity contribution in [1.82, 2.24) is 20.3 Å². The molecule has 1 amide bonds. The van der Waals surface area contributed by atoms with Crippen LogP contribution in [-0.4, -0.2) is 40.0 Å². The molecular formula is C19H22ClN5O2. The minimum Gasteiger partial charge on any atom is -0.356 e. The molecule has 2 N–H and O–H groups in total. The van der Waals surface area contributed by atoms with Crippen molar-refractivity contribution in [3.8, 4) is 0 Å². The maximum atomic E-state index is 12.4. The number of pyridine rings is 1. The maximum absolute atomic E-state index is 12.4. The third-order valence-corrected chi connectivity index (χ3v) is 5.63. The fraction of sp³-hybridized carbons (Fsp3) is 0.474. The zero-order chi connectivity index (χ0) is 18.8. The van der Waals surface area contributed by atoms with Crippen LogP contribution >= 0.6 is 11.6 Å². The van der Waals surface area contributed by atoms with Crippen LogP contribution in [0.3, 0.4) is 0 Å². The molecule has 3 heterocycles. The van der Waals surface area contributed by atoms with Crippen molar-refractivity contribution in [3.63, 3.8) is 0 Å². The van der Waals surface area contributed by atoms with Gasteiger partial charge in [-0.3, -0.25) is 9.59 Å². The highest BCUT2D eigenvalue weighted by Gasteiger charge is 2.25. The Kier molecular flexibility index (Phi) is 5.11. The highest BCUT2D eigenvalue weighted by molar-refractivity contribution is 6.30. The predicted molar refractivity (Wildman–Crippen MR) is 103 cm³/mol. The van der Waals surface area contributed by atoms with Crippen molar-refractivity contribution in [2.75, 3.05) is 18.0 Å². The first kappa shape index (κ1) is 18.0. The summed E-state index contributed by atoms with van der Waals surface area (Å²) in [7, 11) is 0. The molecule has 0 aromatic carbocycles. The summed E-state index contributed by atoms with van der Waals surface area (Å²) in [6.07, 6.45) is 9.25. The average molecular weight is 388 g/mol. The van der Waals surface area contributed by atoms with Crippen LogP contribution < -0.4 is 15.8 Å². The number of carbonyl (C=O) groups is 1. The molecule has 0 unspecified atom stereocenters. The Hall–Kier alpha value is -2.41. The van der Waals surface area contributed by atoms with E-state index >= 15 is 0 Å². The van der Waals surface area contributed by atoms with Gasteiger partial charge >= 0.3 is 0 Å². The summed E-state index contributed by atoms with van der Waals surface area (Å²) in [5.41, 5.74) is 2.47. The van der Waals surface area contributed by atoms with E-state index in [1.807, 2.05) is 0 Å². The first-order valence-corrected chi connectivity index (χ1v) is 9.76. The van der Waals surface area contributed by atoms with Crippen molar-refractivity contribution in [2.24, 2.45) is 0 Å². The van der Waals surface area contributed by atoms with Gasteiger partial charge in [-0.2, -0.15) is 0 Å². The van der Waals surface area contributed by atoms with Crippen molar-refractivity contribution >= 4 is 23.3 Å². The van der Waals surface area contributed by atoms with Gasteiger partial charge in [0, 0.05) is 36.6 Å². The Morgan fingerprint density at radius 3 is 2.78 bits per heavy atom. The molecule has 0 spiro atoms. The number of aryl methyl sites for hydroxylation is 1. The van der Waals surface area contributed by atoms with E-state index in [2.05, 4.69) is 25.2 Å². The van der Waals surface area contributed by atoms with E-state index < -0.39 is 5.56 Å². The number of carbonyl (C=O) groups excluding carboxylic acids is 1. The van der Waals surface area contributed by atoms with E-state index in [9.17, 15) is 9.59 Å². The fourth-order valence-electron chi connectivity index (χ4n) is 3.87. The molecule has 8 heteroatoms. The minimum atomic E-state index is -0.394. The van der Waals surface area contributed by atoms with Crippen LogP contribution in [0.15, 0.2) is 23.4 Å². The number of aromatic nitrogens is 3. The fourth-order valence-corrected chi connectivity index (χ4v) is 4.04. The summed E-state index contributed by atoms with van der Waals surface area (Å²) in [6, 6.07) is 1.50. The van der Waals surface area contributed by atoms with Crippen LogP contribution in [0.2, 0.25) is 5.02 Å². The number of halogens is 1. The number of hydrogen-bond donors (Lipinski definition) is 2. The van der Waals surface area contributed by atoms with Gasteiger partial charge < -0.3 is 15.2 Å². The molecule has 7 nitrogen and oxygen atoms in total. The Balaban J connectivity index is 1.39. The number of aromatic amines is 1. The van der Waals surface area contributed by atoms with Gasteiger partial charge in [0.1, 0.15) is 17.2 Å². The van der Waals surface area contributed by atoms with Crippen molar-refractivity contribution < 1.29 is 4.79 Å². The standard InChI is InChI=1S/C19H22ClN5O2/c20-15-9-12(10-21-19(15)27)18(26)24-13-5-7-25(8-6-13)17-14-3-1-2-4-16(14)22-11-23-17/h9-11,13H,1-8H2,(H,21,27)(H,24,26). The molecule has 2 aliphatic rings. The summed E-state index contributed by atoms with van der Waals surface area (Å²) >= 11 is 5.80. The first-order valence-electron chi connectivity index (χ1n) is 9.38. The number of nitrogens with zero attached hydrogens (tertiary/aromatic N) is 3. The van der Waals surface area contributed by atoms with Crippen LogP contribution in [0.25, 0.3) is 0 Å². The smallest absolute Gasteiger partial charge is 0.266 e. The van der Waals surface area contributed by atoms with Gasteiger partial charge in [0.2, 0.25) is 0 Å². The second kappa shape index (κ2) is 7.68. The second-order valence-electron chi connectivity index (χ2n) is 7.13. The van der Waals surface area contributed by atoms with Crippen molar-refractivity contribution in [1.29, 1.82) is 0 Å². The lowest BCUT2D eigenvalue weighted by atomic mass is 9.95. The van der Waals surface area contributed by atoms with Gasteiger partial charge in [-0.15, -0.1) is 0 Å². The molecule has 0 radical (unpaired) electrons. The van der Waals surface area contributed by atoms with Crippen LogP contribution in [0.4, 0.5) is 5.82 Å². The van der Waals surface area contributed by atoms with E-state index in [1.54, 1.807) is 6.33 Å². The van der Waals surface area contributed by atoms with E-state index in [0.29, 0.717) is 5.56 Å². The molecule has 2 aromatic rings. The number of anilines is 1. The zero-order valence-corrected chi connectivity index (χ0v) is 15.8. The van der Waals surface area contributed by atoms with E-state index in [-0.39, 0.29) is 17.0 Å². The van der Waals surface area contributed by atoms with Crippen molar-refractivity contribution in [3.05, 3.63) is 50.8 Å². The van der Waals surface area contributed by atoms with Gasteiger partial charge in [-0.05, 0) is 44.6 Å². The van der Waals surface area contributed by atoms with E-state index in [1.165, 1.54) is 36.4 Å². The number of H-pyrrole nitrogens is 1. The van der Waals surface area contributed by atoms with Gasteiger partial charge in [0.25, 0.3) is 11.5 Å². The molecule has 27 heavy (non-hydrogen) atoms. The number of hydrogen-bond acceptors (Lipinski definition) is 5. The Bertz CT molecular complexity index is 905. The molecule has 0 atom stereocenters. The lowest BCUT2D eigenvalue weighted by Crippen LogP contribution is -2.45. The highest BCUT2D eigenvalue weighted by atomic mass is 35.5. The minimum absolute atomic E-state index is 0.0194. The number of amides is 1. The van der Waals surface area contributed by atoms with Gasteiger partial charge in [0.05, 0.1) is 5.56 Å². The summed E-state index contributed by atoms with van der Waals surface area (Å²) in [5.74, 6) is 0.850. The van der Waals surface area contributed by atoms with Crippen molar-refractivity contribution in [2.45, 2.75) is 44.6 Å². The van der Waals surface area contributed by atoms with E-state index in [4.69, 9.17) is 11.6 Å². The summed E-state index contributed by atoms with van der Waals surface area (Å²) in [5, 5.41) is 3.06. The number of rotatable bonds is 3. The Morgan fingerprint density at radius 1 is 1.22 bits per heavy atom. The third-order valence-electron chi connectivity index (χ3n) is 5.35. The zero-order valence-electron chi connectivity index (χ0n) is 15.0. The lowest BCUT2D eigenvalue weighted by molar-refractivity contribution is 0.0930. The highest BCUT2D eigenvalue weighted by Crippen LogP contribution is 2.28. The Labute approximate surface area is 162 Å². The Morgan fingerprint density at radius 2 is 2.00 bits per heavy atom. The summed E-state index contributed by atoms with van der Waals surface area (Å²) in [6.45, 7) is 1.70. The molecule has 4 rings (SSSR count).